The summed E-state index contributed by atoms with van der Waals surface area (Å²) in [5, 5.41) is 2.40. The number of hydrogen-bond donors (Lipinski definition) is 0. The Morgan fingerprint density at radius 1 is 1.06 bits per heavy atom. The molecule has 0 aliphatic carbocycles. The Balaban J connectivity index is 2.31. The molecule has 2 nitrogen and oxygen atoms in total. The Labute approximate surface area is 102 Å². The third-order valence-electron chi connectivity index (χ3n) is 3.13. The monoisotopic (exact) mass is 230 g/mol. The van der Waals surface area contributed by atoms with Gasteiger partial charge in [-0.3, -0.25) is 0 Å². The fourth-order valence-corrected chi connectivity index (χ4v) is 1.74. The van der Waals surface area contributed by atoms with Gasteiger partial charge in [-0.25, -0.2) is 0 Å². The van der Waals surface area contributed by atoms with Crippen LogP contribution in [-0.4, -0.2) is 12.9 Å². The molecule has 0 fully saturated rings. The van der Waals surface area contributed by atoms with E-state index in [9.17, 15) is 0 Å². The van der Waals surface area contributed by atoms with Crippen molar-refractivity contribution >= 4 is 10.8 Å². The smallest absolute Gasteiger partial charge is 0.207 e. The molecule has 1 unspecified atom stereocenters. The van der Waals surface area contributed by atoms with Gasteiger partial charge in [0.25, 0.3) is 0 Å². The quantitative estimate of drug-likeness (QED) is 0.739. The van der Waals surface area contributed by atoms with E-state index in [-0.39, 0.29) is 0 Å². The zero-order valence-corrected chi connectivity index (χ0v) is 10.6. The highest BCUT2D eigenvalue weighted by Crippen LogP contribution is 2.25. The first-order valence-corrected chi connectivity index (χ1v) is 5.90. The molecule has 90 valence electrons. The number of methoxy groups -OCH3 is 1. The lowest BCUT2D eigenvalue weighted by Gasteiger charge is -2.27. The Morgan fingerprint density at radius 2 is 1.76 bits per heavy atom. The van der Waals surface area contributed by atoms with Gasteiger partial charge in [-0.1, -0.05) is 37.3 Å². The van der Waals surface area contributed by atoms with Crippen molar-refractivity contribution in [2.24, 2.45) is 0 Å². The van der Waals surface area contributed by atoms with Crippen LogP contribution >= 0.6 is 0 Å². The van der Waals surface area contributed by atoms with Crippen LogP contribution in [0.15, 0.2) is 42.5 Å². The van der Waals surface area contributed by atoms with E-state index >= 15 is 0 Å². The summed E-state index contributed by atoms with van der Waals surface area (Å²) < 4.78 is 11.3. The van der Waals surface area contributed by atoms with Crippen molar-refractivity contribution in [3.63, 3.8) is 0 Å². The maximum Gasteiger partial charge on any atom is 0.207 e. The lowest BCUT2D eigenvalue weighted by Crippen LogP contribution is -2.33. The molecule has 2 heteroatoms. The molecular weight excluding hydrogens is 212 g/mol. The molecule has 0 saturated heterocycles. The van der Waals surface area contributed by atoms with E-state index in [1.54, 1.807) is 7.11 Å². The first-order valence-electron chi connectivity index (χ1n) is 5.90. The molecule has 1 atom stereocenters. The predicted molar refractivity (Wildman–Crippen MR) is 70.3 cm³/mol. The SMILES string of the molecule is CCC(C)(OC)Oc1ccc2ccccc2c1. The van der Waals surface area contributed by atoms with Gasteiger partial charge >= 0.3 is 0 Å². The van der Waals surface area contributed by atoms with Crippen molar-refractivity contribution in [3.8, 4) is 5.75 Å². The van der Waals surface area contributed by atoms with Gasteiger partial charge in [0.15, 0.2) is 0 Å². The molecule has 0 heterocycles. The maximum absolute atomic E-state index is 5.89. The molecule has 0 aliphatic heterocycles. The van der Waals surface area contributed by atoms with Gasteiger partial charge in [0.1, 0.15) is 5.75 Å². The van der Waals surface area contributed by atoms with Crippen LogP contribution in [0, 0.1) is 0 Å². The molecule has 0 N–H and O–H groups in total. The summed E-state index contributed by atoms with van der Waals surface area (Å²) in [7, 11) is 1.67. The highest BCUT2D eigenvalue weighted by Gasteiger charge is 2.22. The largest absolute Gasteiger partial charge is 0.463 e. The predicted octanol–water partition coefficient (Wildman–Crippen LogP) is 3.99. The molecule has 0 aromatic heterocycles. The van der Waals surface area contributed by atoms with E-state index in [0.29, 0.717) is 0 Å². The van der Waals surface area contributed by atoms with Crippen LogP contribution < -0.4 is 4.74 Å². The third kappa shape index (κ3) is 2.59. The van der Waals surface area contributed by atoms with Crippen LogP contribution in [-0.2, 0) is 4.74 Å². The Morgan fingerprint density at radius 3 is 2.41 bits per heavy atom. The van der Waals surface area contributed by atoms with Gasteiger partial charge in [0, 0.05) is 20.5 Å². The molecule has 0 spiro atoms. The van der Waals surface area contributed by atoms with E-state index in [1.807, 2.05) is 38.1 Å². The first kappa shape index (κ1) is 11.9. The van der Waals surface area contributed by atoms with Gasteiger partial charge in [0.2, 0.25) is 5.79 Å². The highest BCUT2D eigenvalue weighted by atomic mass is 16.7. The summed E-state index contributed by atoms with van der Waals surface area (Å²) in [4.78, 5) is 0. The van der Waals surface area contributed by atoms with Crippen molar-refractivity contribution in [1.82, 2.24) is 0 Å². The molecule has 0 aliphatic rings. The number of hydrogen-bond acceptors (Lipinski definition) is 2. The minimum absolute atomic E-state index is 0.553. The van der Waals surface area contributed by atoms with Gasteiger partial charge < -0.3 is 9.47 Å². The highest BCUT2D eigenvalue weighted by molar-refractivity contribution is 5.83. The summed E-state index contributed by atoms with van der Waals surface area (Å²) in [5.74, 6) is 0.289. The van der Waals surface area contributed by atoms with Gasteiger partial charge in [-0.15, -0.1) is 0 Å². The fraction of sp³-hybridized carbons (Fsp3) is 0.333. The molecule has 17 heavy (non-hydrogen) atoms. The fourth-order valence-electron chi connectivity index (χ4n) is 1.74. The minimum atomic E-state index is -0.553. The van der Waals surface area contributed by atoms with Gasteiger partial charge in [-0.05, 0) is 22.9 Å². The van der Waals surface area contributed by atoms with Crippen LogP contribution in [0.4, 0.5) is 0 Å². The van der Waals surface area contributed by atoms with E-state index in [1.165, 1.54) is 10.8 Å². The van der Waals surface area contributed by atoms with E-state index in [0.717, 1.165) is 12.2 Å². The summed E-state index contributed by atoms with van der Waals surface area (Å²) >= 11 is 0. The average molecular weight is 230 g/mol. The normalized spacial score (nSPS) is 14.5. The zero-order chi connectivity index (χ0) is 12.3. The van der Waals surface area contributed by atoms with Crippen molar-refractivity contribution in [1.29, 1.82) is 0 Å². The second kappa shape index (κ2) is 4.76. The maximum atomic E-state index is 5.89. The average Bonchev–Trinajstić information content (AvgIpc) is 2.38. The standard InChI is InChI=1S/C15H18O2/c1-4-15(2,16-3)17-14-10-9-12-7-5-6-8-13(12)11-14/h5-11H,4H2,1-3H3. The van der Waals surface area contributed by atoms with Crippen LogP contribution in [0.3, 0.4) is 0 Å². The summed E-state index contributed by atoms with van der Waals surface area (Å²) in [5.41, 5.74) is 0. The van der Waals surface area contributed by atoms with Crippen molar-refractivity contribution in [2.75, 3.05) is 7.11 Å². The number of fused-ring (bicyclic) bond motifs is 1. The number of rotatable bonds is 4. The van der Waals surface area contributed by atoms with Crippen molar-refractivity contribution in [2.45, 2.75) is 26.1 Å². The Bertz CT molecular complexity index is 501. The van der Waals surface area contributed by atoms with Crippen LogP contribution in [0.2, 0.25) is 0 Å². The molecule has 0 radical (unpaired) electrons. The lowest BCUT2D eigenvalue weighted by atomic mass is 10.1. The molecule has 0 amide bonds. The summed E-state index contributed by atoms with van der Waals surface area (Å²) in [6.07, 6.45) is 0.802. The molecular formula is C15H18O2. The van der Waals surface area contributed by atoms with Crippen LogP contribution in [0.25, 0.3) is 10.8 Å². The topological polar surface area (TPSA) is 18.5 Å². The minimum Gasteiger partial charge on any atom is -0.463 e. The van der Waals surface area contributed by atoms with Crippen molar-refractivity contribution < 1.29 is 9.47 Å². The molecule has 2 rings (SSSR count). The summed E-state index contributed by atoms with van der Waals surface area (Å²) in [6.45, 7) is 3.99. The van der Waals surface area contributed by atoms with Gasteiger partial charge in [-0.2, -0.15) is 0 Å². The third-order valence-corrected chi connectivity index (χ3v) is 3.13. The molecule has 0 bridgehead atoms. The Kier molecular flexibility index (Phi) is 3.34. The number of ether oxygens (including phenoxy) is 2. The zero-order valence-electron chi connectivity index (χ0n) is 10.6. The number of benzene rings is 2. The van der Waals surface area contributed by atoms with Crippen molar-refractivity contribution in [3.05, 3.63) is 42.5 Å². The first-order chi connectivity index (χ1) is 8.17. The van der Waals surface area contributed by atoms with E-state index in [4.69, 9.17) is 9.47 Å². The van der Waals surface area contributed by atoms with Crippen LogP contribution in [0.1, 0.15) is 20.3 Å². The van der Waals surface area contributed by atoms with Crippen LogP contribution in [0.5, 0.6) is 5.75 Å². The van der Waals surface area contributed by atoms with E-state index in [2.05, 4.69) is 18.2 Å². The lowest BCUT2D eigenvalue weighted by molar-refractivity contribution is -0.150. The second-order valence-corrected chi connectivity index (χ2v) is 4.30. The molecule has 2 aromatic rings. The van der Waals surface area contributed by atoms with Gasteiger partial charge in [0.05, 0.1) is 0 Å². The second-order valence-electron chi connectivity index (χ2n) is 4.30. The Hall–Kier alpha value is -1.54. The summed E-state index contributed by atoms with van der Waals surface area (Å²) in [6, 6.07) is 14.3. The van der Waals surface area contributed by atoms with E-state index < -0.39 is 5.79 Å². The molecule has 2 aromatic carbocycles. The molecule has 0 saturated carbocycles.